The van der Waals surface area contributed by atoms with E-state index in [0.29, 0.717) is 24.5 Å². The smallest absolute Gasteiger partial charge is 0.407 e. The van der Waals surface area contributed by atoms with Gasteiger partial charge in [0.25, 0.3) is 5.91 Å². The molecular weight excluding hydrogens is 715 g/mol. The van der Waals surface area contributed by atoms with E-state index in [9.17, 15) is 33.6 Å². The van der Waals surface area contributed by atoms with Crippen molar-refractivity contribution in [2.45, 2.75) is 46.3 Å². The third-order valence-electron chi connectivity index (χ3n) is 8.50. The molecule has 1 aromatic heterocycles. The molecule has 3 amide bonds. The quantitative estimate of drug-likeness (QED) is 0.143. The van der Waals surface area contributed by atoms with Gasteiger partial charge in [-0.2, -0.15) is 0 Å². The molecule has 4 rings (SSSR count). The summed E-state index contributed by atoms with van der Waals surface area (Å²) >= 11 is 0. The van der Waals surface area contributed by atoms with Crippen molar-refractivity contribution >= 4 is 43.3 Å². The zero-order valence-corrected chi connectivity index (χ0v) is 31.4. The molecule has 2 fully saturated rings. The van der Waals surface area contributed by atoms with E-state index in [-0.39, 0.29) is 43.8 Å². The van der Waals surface area contributed by atoms with Gasteiger partial charge in [0, 0.05) is 58.0 Å². The second-order valence-corrected chi connectivity index (χ2v) is 15.1. The lowest BCUT2D eigenvalue weighted by atomic mass is 10.2. The predicted octanol–water partition coefficient (Wildman–Crippen LogP) is 2.83. The zero-order valence-electron chi connectivity index (χ0n) is 30.5. The molecule has 2 N–H and O–H groups in total. The van der Waals surface area contributed by atoms with Gasteiger partial charge in [-0.1, -0.05) is 58.0 Å². The molecule has 0 unspecified atom stereocenters. The number of amides is 3. The van der Waals surface area contributed by atoms with Crippen LogP contribution in [-0.2, 0) is 42.2 Å². The maximum atomic E-state index is 14.2. The number of carbonyl (C=O) groups is 5. The maximum absolute atomic E-state index is 14.2. The van der Waals surface area contributed by atoms with Crippen molar-refractivity contribution in [3.8, 4) is 11.4 Å². The van der Waals surface area contributed by atoms with E-state index in [0.717, 1.165) is 11.3 Å². The number of nitrogens with zero attached hydrogens (tertiary/aromatic N) is 5. The van der Waals surface area contributed by atoms with E-state index < -0.39 is 75.1 Å². The van der Waals surface area contributed by atoms with Crippen molar-refractivity contribution in [1.82, 2.24) is 25.1 Å². The molecule has 18 nitrogen and oxygen atoms in total. The van der Waals surface area contributed by atoms with Crippen molar-refractivity contribution in [3.63, 3.8) is 0 Å². The molecule has 0 spiro atoms. The number of ether oxygens (including phenoxy) is 3. The Morgan fingerprint density at radius 2 is 1.47 bits per heavy atom. The van der Waals surface area contributed by atoms with Crippen molar-refractivity contribution in [1.29, 1.82) is 0 Å². The fourth-order valence-electron chi connectivity index (χ4n) is 5.34. The number of carbonyl (C=O) groups excluding carboxylic acids is 4. The average Bonchev–Trinajstić information content (AvgIpc) is 3.64. The van der Waals surface area contributed by atoms with Gasteiger partial charge in [-0.15, -0.1) is 0 Å². The molecule has 2 saturated heterocycles. The Labute approximate surface area is 307 Å². The number of rotatable bonds is 16. The highest BCUT2D eigenvalue weighted by Gasteiger charge is 2.39. The number of hydrogen-bond acceptors (Lipinski definition) is 14. The summed E-state index contributed by atoms with van der Waals surface area (Å²) in [4.78, 5) is 77.6. The molecule has 0 saturated carbocycles. The fraction of sp³-hybridized carbons (Fsp3) is 0.559. The number of hydrogen-bond donors (Lipinski definition) is 2. The lowest BCUT2D eigenvalue weighted by molar-refractivity contribution is -0.156. The molecule has 0 radical (unpaired) electrons. The Balaban J connectivity index is 1.67. The van der Waals surface area contributed by atoms with Gasteiger partial charge in [0.15, 0.2) is 5.82 Å². The number of anilines is 1. The molecule has 53 heavy (non-hydrogen) atoms. The van der Waals surface area contributed by atoms with Gasteiger partial charge in [0.05, 0.1) is 24.1 Å². The molecule has 2 aromatic rings. The lowest BCUT2D eigenvalue weighted by Gasteiger charge is -2.35. The molecule has 0 aliphatic carbocycles. The normalized spacial score (nSPS) is 16.8. The van der Waals surface area contributed by atoms with Crippen molar-refractivity contribution in [2.24, 2.45) is 11.8 Å². The number of carboxylic acid groups (broad SMARTS) is 1. The van der Waals surface area contributed by atoms with Crippen LogP contribution in [0.15, 0.2) is 36.4 Å². The van der Waals surface area contributed by atoms with E-state index >= 15 is 0 Å². The van der Waals surface area contributed by atoms with E-state index in [1.165, 1.54) is 11.0 Å². The third kappa shape index (κ3) is 11.7. The Morgan fingerprint density at radius 1 is 0.887 bits per heavy atom. The Bertz CT molecular complexity index is 1620. The molecule has 2 atom stereocenters. The van der Waals surface area contributed by atoms with Gasteiger partial charge in [-0.3, -0.25) is 32.8 Å². The van der Waals surface area contributed by atoms with Crippen LogP contribution in [0.3, 0.4) is 0 Å². The summed E-state index contributed by atoms with van der Waals surface area (Å²) in [5, 5.41) is 12.0. The summed E-state index contributed by atoms with van der Waals surface area (Å²) < 4.78 is 40.7. The molecule has 0 bridgehead atoms. The van der Waals surface area contributed by atoms with Crippen LogP contribution in [0.1, 0.15) is 44.6 Å². The largest absolute Gasteiger partial charge is 0.465 e. The van der Waals surface area contributed by atoms with E-state index in [1.807, 2.05) is 11.0 Å². The minimum absolute atomic E-state index is 0.00326. The van der Waals surface area contributed by atoms with Gasteiger partial charge >= 0.3 is 25.6 Å². The number of esters is 2. The summed E-state index contributed by atoms with van der Waals surface area (Å²) in [6, 6.07) is 8.90. The van der Waals surface area contributed by atoms with Crippen molar-refractivity contribution in [2.75, 3.05) is 71.0 Å². The molecular formula is C34H47N6O12P. The summed E-state index contributed by atoms with van der Waals surface area (Å²) in [5.41, 5.74) is 0.532. The minimum Gasteiger partial charge on any atom is -0.465 e. The number of nitrogens with one attached hydrogen (secondary N) is 1. The van der Waals surface area contributed by atoms with Gasteiger partial charge in [0.1, 0.15) is 17.6 Å². The molecule has 1 aromatic carbocycles. The topological polar surface area (TPSA) is 216 Å². The Hall–Kier alpha value is -4.64. The molecule has 2 aliphatic rings. The predicted molar refractivity (Wildman–Crippen MR) is 189 cm³/mol. The van der Waals surface area contributed by atoms with Crippen LogP contribution in [0.2, 0.25) is 0 Å². The first-order valence-electron chi connectivity index (χ1n) is 17.2. The van der Waals surface area contributed by atoms with Crippen LogP contribution in [0.4, 0.5) is 10.6 Å². The maximum Gasteiger partial charge on any atom is 0.407 e. The summed E-state index contributed by atoms with van der Waals surface area (Å²) in [5.74, 6) is -3.24. The van der Waals surface area contributed by atoms with Gasteiger partial charge < -0.3 is 39.3 Å². The highest BCUT2D eigenvalue weighted by Crippen LogP contribution is 2.49. The van der Waals surface area contributed by atoms with Crippen LogP contribution >= 0.6 is 7.60 Å². The average molecular weight is 763 g/mol. The monoisotopic (exact) mass is 762 g/mol. The van der Waals surface area contributed by atoms with Crippen LogP contribution in [-0.4, -0.2) is 133 Å². The molecule has 19 heteroatoms. The van der Waals surface area contributed by atoms with E-state index in [4.69, 9.17) is 28.2 Å². The second-order valence-electron chi connectivity index (χ2n) is 13.0. The molecule has 2 aliphatic heterocycles. The Morgan fingerprint density at radius 3 is 2.00 bits per heavy atom. The highest BCUT2D eigenvalue weighted by atomic mass is 31.2. The summed E-state index contributed by atoms with van der Waals surface area (Å²) in [6.07, 6.45) is -1.23. The molecule has 290 valence electrons. The zero-order chi connectivity index (χ0) is 38.7. The second kappa shape index (κ2) is 18.9. The van der Waals surface area contributed by atoms with E-state index in [2.05, 4.69) is 10.3 Å². The first-order chi connectivity index (χ1) is 25.2. The summed E-state index contributed by atoms with van der Waals surface area (Å²) in [6.45, 7) is 5.76. The lowest BCUT2D eigenvalue weighted by Crippen LogP contribution is -2.56. The number of aromatic nitrogens is 2. The highest BCUT2D eigenvalue weighted by molar-refractivity contribution is 7.54. The van der Waals surface area contributed by atoms with Gasteiger partial charge in [0.2, 0.25) is 19.5 Å². The third-order valence-corrected chi connectivity index (χ3v) is 10.3. The fourth-order valence-corrected chi connectivity index (χ4v) is 6.75. The van der Waals surface area contributed by atoms with E-state index in [1.54, 1.807) is 59.1 Å². The summed E-state index contributed by atoms with van der Waals surface area (Å²) in [7, 11) is -2.88. The number of methoxy groups -OCH3 is 1. The number of benzene rings is 1. The van der Waals surface area contributed by atoms with Crippen LogP contribution < -0.4 is 10.2 Å². The van der Waals surface area contributed by atoms with Crippen LogP contribution in [0.5, 0.6) is 0 Å². The van der Waals surface area contributed by atoms with Crippen LogP contribution in [0.25, 0.3) is 11.4 Å². The van der Waals surface area contributed by atoms with Crippen LogP contribution in [0, 0.1) is 11.8 Å². The minimum atomic E-state index is -4.50. The number of piperazine rings is 1. The SMILES string of the molecule is CO[C@H]1CCN(c2cc(C(=O)N[C@@H](CP(=O)(OCOC(=O)C(C)C)OCOC(=O)C(C)C)C(=O)N3CCN(C(=O)O)CC3)nc(-c3ccccc3)n2)C1. The first-order valence-corrected chi connectivity index (χ1v) is 18.9. The first kappa shape index (κ1) is 41.1. The van der Waals surface area contributed by atoms with Crippen molar-refractivity contribution in [3.05, 3.63) is 42.1 Å². The van der Waals surface area contributed by atoms with Crippen molar-refractivity contribution < 1.29 is 56.9 Å². The van der Waals surface area contributed by atoms with Gasteiger partial charge in [-0.05, 0) is 6.42 Å². The Kier molecular flexibility index (Phi) is 14.7. The molecule has 3 heterocycles. The standard InChI is InChI=1S/C34H47N6O12P/c1-22(2)32(43)49-20-51-53(47,52-21-50-33(44)23(3)4)19-27(31(42)38-13-15-39(16-14-38)34(45)46)36-30(41)26-17-28(40-12-11-25(18-40)48-5)37-29(35-26)24-9-7-6-8-10-24/h6-10,17,22-23,25,27H,11-16,18-21H2,1-5H3,(H,36,41)(H,45,46)/t25-,27-/m0/s1. The van der Waals surface area contributed by atoms with Gasteiger partial charge in [-0.25, -0.2) is 14.8 Å².